The highest BCUT2D eigenvalue weighted by atomic mass is 16.8. The van der Waals surface area contributed by atoms with Crippen LogP contribution in [-0.2, 0) is 22.7 Å². The normalized spacial score (nSPS) is 16.4. The second-order valence-electron chi connectivity index (χ2n) is 8.16. The topological polar surface area (TPSA) is 71.0 Å². The predicted octanol–water partition coefficient (Wildman–Crippen LogP) is 4.02. The Labute approximate surface area is 188 Å². The Bertz CT molecular complexity index is 1020. The van der Waals surface area contributed by atoms with E-state index in [1.165, 1.54) is 16.3 Å². The molecule has 0 aromatic heterocycles. The summed E-state index contributed by atoms with van der Waals surface area (Å²) in [5.41, 5.74) is 5.30. The van der Waals surface area contributed by atoms with Gasteiger partial charge in [-0.15, -0.1) is 0 Å². The standard InChI is InChI=1S/C26H30N2O4/c29-15-14-28(19-21-10-11-22-5-1-2-6-24(22)17-21)18-20-8-12-23(13-9-20)26(30)27-32-25-7-3-4-16-31-25/h1-2,5-6,8-13,17,25,29H,3-4,7,14-16,18-19H2,(H,27,30). The molecule has 4 rings (SSSR count). The third kappa shape index (κ3) is 6.14. The molecule has 6 heteroatoms. The first-order valence-electron chi connectivity index (χ1n) is 11.2. The van der Waals surface area contributed by atoms with Crippen LogP contribution in [0.3, 0.4) is 0 Å². The number of ether oxygens (including phenoxy) is 1. The predicted molar refractivity (Wildman–Crippen MR) is 124 cm³/mol. The monoisotopic (exact) mass is 434 g/mol. The molecule has 1 heterocycles. The largest absolute Gasteiger partial charge is 0.395 e. The Kier molecular flexibility index (Phi) is 7.85. The number of hydrogen-bond donors (Lipinski definition) is 2. The van der Waals surface area contributed by atoms with Gasteiger partial charge in [-0.25, -0.2) is 10.3 Å². The fourth-order valence-electron chi connectivity index (χ4n) is 3.95. The van der Waals surface area contributed by atoms with Crippen LogP contribution in [0.25, 0.3) is 10.8 Å². The number of fused-ring (bicyclic) bond motifs is 1. The van der Waals surface area contributed by atoms with Crippen LogP contribution in [0.1, 0.15) is 40.7 Å². The van der Waals surface area contributed by atoms with Gasteiger partial charge in [-0.05, 0) is 52.9 Å². The van der Waals surface area contributed by atoms with Crippen LogP contribution >= 0.6 is 0 Å². The third-order valence-electron chi connectivity index (χ3n) is 5.68. The molecule has 6 nitrogen and oxygen atoms in total. The van der Waals surface area contributed by atoms with Crippen LogP contribution in [-0.4, -0.2) is 42.0 Å². The fraction of sp³-hybridized carbons (Fsp3) is 0.346. The van der Waals surface area contributed by atoms with Crippen LogP contribution in [0.2, 0.25) is 0 Å². The van der Waals surface area contributed by atoms with Crippen LogP contribution in [0.5, 0.6) is 0 Å². The third-order valence-corrected chi connectivity index (χ3v) is 5.68. The number of carbonyl (C=O) groups excluding carboxylic acids is 1. The molecule has 1 amide bonds. The van der Waals surface area contributed by atoms with Gasteiger partial charge < -0.3 is 9.84 Å². The Balaban J connectivity index is 1.34. The molecule has 0 spiro atoms. The Morgan fingerprint density at radius 3 is 2.50 bits per heavy atom. The van der Waals surface area contributed by atoms with Crippen molar-refractivity contribution in [2.45, 2.75) is 38.6 Å². The fourth-order valence-corrected chi connectivity index (χ4v) is 3.95. The lowest BCUT2D eigenvalue weighted by molar-refractivity contribution is -0.186. The molecule has 168 valence electrons. The minimum atomic E-state index is -0.367. The molecule has 0 bridgehead atoms. The molecule has 3 aromatic rings. The average molecular weight is 435 g/mol. The number of rotatable bonds is 9. The molecule has 1 fully saturated rings. The van der Waals surface area contributed by atoms with Gasteiger partial charge in [0.2, 0.25) is 0 Å². The number of aliphatic hydroxyl groups is 1. The van der Waals surface area contributed by atoms with E-state index in [4.69, 9.17) is 9.57 Å². The minimum absolute atomic E-state index is 0.0919. The molecule has 2 N–H and O–H groups in total. The van der Waals surface area contributed by atoms with E-state index in [1.807, 2.05) is 24.3 Å². The summed E-state index contributed by atoms with van der Waals surface area (Å²) in [7, 11) is 0. The second-order valence-corrected chi connectivity index (χ2v) is 8.16. The van der Waals surface area contributed by atoms with Crippen molar-refractivity contribution < 1.29 is 19.5 Å². The summed E-state index contributed by atoms with van der Waals surface area (Å²) in [5, 5.41) is 12.0. The number of hydroxylamine groups is 1. The number of amides is 1. The number of aliphatic hydroxyl groups excluding tert-OH is 1. The Morgan fingerprint density at radius 1 is 1.00 bits per heavy atom. The van der Waals surface area contributed by atoms with Gasteiger partial charge in [-0.3, -0.25) is 9.69 Å². The van der Waals surface area contributed by atoms with E-state index in [1.54, 1.807) is 12.1 Å². The molecule has 32 heavy (non-hydrogen) atoms. The first-order valence-corrected chi connectivity index (χ1v) is 11.2. The number of nitrogens with zero attached hydrogens (tertiary/aromatic N) is 1. The van der Waals surface area contributed by atoms with Crippen molar-refractivity contribution in [1.29, 1.82) is 0 Å². The highest BCUT2D eigenvalue weighted by Gasteiger charge is 2.16. The quantitative estimate of drug-likeness (QED) is 0.498. The summed E-state index contributed by atoms with van der Waals surface area (Å²) in [4.78, 5) is 19.9. The highest BCUT2D eigenvalue weighted by Crippen LogP contribution is 2.18. The smallest absolute Gasteiger partial charge is 0.274 e. The first-order chi connectivity index (χ1) is 15.7. The number of hydrogen-bond acceptors (Lipinski definition) is 5. The van der Waals surface area contributed by atoms with Crippen molar-refractivity contribution in [2.75, 3.05) is 19.8 Å². The lowest BCUT2D eigenvalue weighted by Crippen LogP contribution is -2.33. The molecular formula is C26H30N2O4. The van der Waals surface area contributed by atoms with Gasteiger partial charge in [-0.2, -0.15) is 0 Å². The SMILES string of the molecule is O=C(NOC1CCCCO1)c1ccc(CN(CCO)Cc2ccc3ccccc3c2)cc1. The van der Waals surface area contributed by atoms with Crippen molar-refractivity contribution in [3.8, 4) is 0 Å². The molecule has 1 aliphatic rings. The lowest BCUT2D eigenvalue weighted by Gasteiger charge is -2.22. The van der Waals surface area contributed by atoms with Crippen molar-refractivity contribution in [1.82, 2.24) is 10.4 Å². The number of benzene rings is 3. The maximum Gasteiger partial charge on any atom is 0.274 e. The molecule has 1 atom stereocenters. The summed E-state index contributed by atoms with van der Waals surface area (Å²) < 4.78 is 5.46. The van der Waals surface area contributed by atoms with E-state index in [2.05, 4.69) is 40.7 Å². The van der Waals surface area contributed by atoms with Gasteiger partial charge in [0.15, 0.2) is 6.29 Å². The first kappa shape index (κ1) is 22.4. The van der Waals surface area contributed by atoms with E-state index >= 15 is 0 Å². The van der Waals surface area contributed by atoms with Gasteiger partial charge in [0.05, 0.1) is 6.61 Å². The molecule has 1 saturated heterocycles. The van der Waals surface area contributed by atoms with E-state index < -0.39 is 0 Å². The summed E-state index contributed by atoms with van der Waals surface area (Å²) in [6, 6.07) is 22.2. The van der Waals surface area contributed by atoms with Crippen LogP contribution < -0.4 is 5.48 Å². The maximum atomic E-state index is 12.3. The molecule has 0 radical (unpaired) electrons. The van der Waals surface area contributed by atoms with Gasteiger partial charge in [0.25, 0.3) is 5.91 Å². The summed E-state index contributed by atoms with van der Waals surface area (Å²) in [5.74, 6) is -0.283. The van der Waals surface area contributed by atoms with Gasteiger partial charge in [0, 0.05) is 38.2 Å². The van der Waals surface area contributed by atoms with Gasteiger partial charge in [-0.1, -0.05) is 48.5 Å². The minimum Gasteiger partial charge on any atom is -0.395 e. The Morgan fingerprint density at radius 2 is 1.75 bits per heavy atom. The zero-order valence-electron chi connectivity index (χ0n) is 18.2. The van der Waals surface area contributed by atoms with Crippen molar-refractivity contribution >= 4 is 16.7 Å². The second kappa shape index (κ2) is 11.2. The molecule has 0 saturated carbocycles. The molecule has 1 unspecified atom stereocenters. The van der Waals surface area contributed by atoms with Gasteiger partial charge in [0.1, 0.15) is 0 Å². The summed E-state index contributed by atoms with van der Waals surface area (Å²) >= 11 is 0. The van der Waals surface area contributed by atoms with Crippen LogP contribution in [0.4, 0.5) is 0 Å². The van der Waals surface area contributed by atoms with Gasteiger partial charge >= 0.3 is 0 Å². The highest BCUT2D eigenvalue weighted by molar-refractivity contribution is 5.93. The molecular weight excluding hydrogens is 404 g/mol. The zero-order valence-corrected chi connectivity index (χ0v) is 18.2. The number of nitrogens with one attached hydrogen (secondary N) is 1. The van der Waals surface area contributed by atoms with E-state index in [9.17, 15) is 9.90 Å². The summed E-state index contributed by atoms with van der Waals surface area (Å²) in [6.07, 6.45) is 2.49. The molecule has 3 aromatic carbocycles. The average Bonchev–Trinajstić information content (AvgIpc) is 2.84. The Hall–Kier alpha value is -2.77. The zero-order chi connectivity index (χ0) is 22.2. The summed E-state index contributed by atoms with van der Waals surface area (Å²) in [6.45, 7) is 2.75. The molecule has 1 aliphatic heterocycles. The van der Waals surface area contributed by atoms with Crippen molar-refractivity contribution in [3.63, 3.8) is 0 Å². The van der Waals surface area contributed by atoms with Crippen molar-refractivity contribution in [3.05, 3.63) is 83.4 Å². The van der Waals surface area contributed by atoms with Crippen molar-refractivity contribution in [2.24, 2.45) is 0 Å². The van der Waals surface area contributed by atoms with Crippen LogP contribution in [0.15, 0.2) is 66.7 Å². The number of carbonyl (C=O) groups is 1. The lowest BCUT2D eigenvalue weighted by atomic mass is 10.1. The maximum absolute atomic E-state index is 12.3. The molecule has 0 aliphatic carbocycles. The van der Waals surface area contributed by atoms with E-state index in [-0.39, 0.29) is 18.8 Å². The van der Waals surface area contributed by atoms with Crippen LogP contribution in [0, 0.1) is 0 Å². The van der Waals surface area contributed by atoms with E-state index in [0.29, 0.717) is 25.3 Å². The van der Waals surface area contributed by atoms with E-state index in [0.717, 1.165) is 31.4 Å².